The highest BCUT2D eigenvalue weighted by Gasteiger charge is 2.02. The molecule has 0 fully saturated rings. The summed E-state index contributed by atoms with van der Waals surface area (Å²) in [4.78, 5) is 8.40. The van der Waals surface area contributed by atoms with Crippen molar-refractivity contribution in [3.63, 3.8) is 0 Å². The van der Waals surface area contributed by atoms with Gasteiger partial charge in [-0.25, -0.2) is 4.98 Å². The van der Waals surface area contributed by atoms with Crippen LogP contribution in [0.5, 0.6) is 0 Å². The average Bonchev–Trinajstić information content (AvgIpc) is 2.91. The lowest BCUT2D eigenvalue weighted by molar-refractivity contribution is 0.466. The van der Waals surface area contributed by atoms with Gasteiger partial charge in [-0.3, -0.25) is 4.98 Å². The van der Waals surface area contributed by atoms with Crippen LogP contribution >= 0.6 is 0 Å². The number of rotatable bonds is 7. The van der Waals surface area contributed by atoms with Crippen molar-refractivity contribution in [3.8, 4) is 0 Å². The van der Waals surface area contributed by atoms with Crippen molar-refractivity contribution in [2.24, 2.45) is 0 Å². The van der Waals surface area contributed by atoms with Gasteiger partial charge in [0.1, 0.15) is 5.76 Å². The van der Waals surface area contributed by atoms with Crippen molar-refractivity contribution in [1.82, 2.24) is 9.97 Å². The zero-order valence-corrected chi connectivity index (χ0v) is 11.4. The van der Waals surface area contributed by atoms with Crippen LogP contribution in [0.15, 0.2) is 29.1 Å². The number of hydrogen-bond acceptors (Lipinski definition) is 5. The van der Waals surface area contributed by atoms with Gasteiger partial charge in [-0.1, -0.05) is 13.8 Å². The van der Waals surface area contributed by atoms with E-state index in [1.54, 1.807) is 12.4 Å². The maximum Gasteiger partial charge on any atom is 0.213 e. The first kappa shape index (κ1) is 13.4. The second-order valence-electron chi connectivity index (χ2n) is 4.32. The number of pyridine rings is 1. The number of aromatic nitrogens is 2. The highest BCUT2D eigenvalue weighted by molar-refractivity contribution is 5.53. The Bertz CT molecular complexity index is 510. The lowest BCUT2D eigenvalue weighted by atomic mass is 10.3. The van der Waals surface area contributed by atoms with Crippen molar-refractivity contribution in [2.45, 2.75) is 33.2 Å². The first-order valence-electron chi connectivity index (χ1n) is 6.68. The van der Waals surface area contributed by atoms with Crippen LogP contribution in [-0.2, 0) is 13.0 Å². The maximum atomic E-state index is 5.54. The third-order valence-electron chi connectivity index (χ3n) is 2.71. The molecule has 0 aliphatic carbocycles. The monoisotopic (exact) mass is 260 g/mol. The summed E-state index contributed by atoms with van der Waals surface area (Å²) >= 11 is 0. The predicted molar refractivity (Wildman–Crippen MR) is 76.2 cm³/mol. The van der Waals surface area contributed by atoms with Crippen molar-refractivity contribution in [1.29, 1.82) is 0 Å². The van der Waals surface area contributed by atoms with Crippen LogP contribution in [0.1, 0.15) is 31.9 Å². The van der Waals surface area contributed by atoms with E-state index in [2.05, 4.69) is 27.5 Å². The fraction of sp³-hybridized carbons (Fsp3) is 0.429. The van der Waals surface area contributed by atoms with Crippen LogP contribution in [0, 0.1) is 0 Å². The molecule has 5 nitrogen and oxygen atoms in total. The van der Waals surface area contributed by atoms with E-state index in [1.165, 1.54) is 0 Å². The smallest absolute Gasteiger partial charge is 0.213 e. The summed E-state index contributed by atoms with van der Waals surface area (Å²) in [5.41, 5.74) is 1.98. The summed E-state index contributed by atoms with van der Waals surface area (Å²) in [6.45, 7) is 5.70. The third-order valence-corrected chi connectivity index (χ3v) is 2.71. The largest absolute Gasteiger partial charge is 0.444 e. The van der Waals surface area contributed by atoms with E-state index >= 15 is 0 Å². The Balaban J connectivity index is 1.91. The SMILES string of the molecule is CCCNc1cncc(NCc2ncc(CC)o2)c1. The molecule has 0 aliphatic rings. The Morgan fingerprint density at radius 2 is 1.89 bits per heavy atom. The average molecular weight is 260 g/mol. The van der Waals surface area contributed by atoms with E-state index < -0.39 is 0 Å². The summed E-state index contributed by atoms with van der Waals surface area (Å²) in [6, 6.07) is 2.03. The molecule has 19 heavy (non-hydrogen) atoms. The van der Waals surface area contributed by atoms with E-state index in [4.69, 9.17) is 4.42 Å². The minimum Gasteiger partial charge on any atom is -0.444 e. The predicted octanol–water partition coefficient (Wildman–Crippen LogP) is 3.07. The van der Waals surface area contributed by atoms with Gasteiger partial charge in [-0.05, 0) is 12.5 Å². The summed E-state index contributed by atoms with van der Waals surface area (Å²) in [5.74, 6) is 1.61. The second kappa shape index (κ2) is 6.78. The molecule has 2 aromatic heterocycles. The van der Waals surface area contributed by atoms with Crippen molar-refractivity contribution < 1.29 is 4.42 Å². The van der Waals surface area contributed by atoms with E-state index in [0.717, 1.165) is 36.5 Å². The van der Waals surface area contributed by atoms with Crippen LogP contribution in [-0.4, -0.2) is 16.5 Å². The molecule has 0 amide bonds. The molecule has 0 unspecified atom stereocenters. The molecule has 2 heterocycles. The van der Waals surface area contributed by atoms with Gasteiger partial charge in [0.2, 0.25) is 5.89 Å². The zero-order chi connectivity index (χ0) is 13.5. The molecule has 5 heteroatoms. The van der Waals surface area contributed by atoms with Gasteiger partial charge in [-0.2, -0.15) is 0 Å². The summed E-state index contributed by atoms with van der Waals surface area (Å²) < 4.78 is 5.54. The van der Waals surface area contributed by atoms with Gasteiger partial charge in [0.05, 0.1) is 36.5 Å². The van der Waals surface area contributed by atoms with Crippen molar-refractivity contribution >= 4 is 11.4 Å². The molecule has 0 spiro atoms. The topological polar surface area (TPSA) is 63.0 Å². The van der Waals surface area contributed by atoms with E-state index in [9.17, 15) is 0 Å². The van der Waals surface area contributed by atoms with Crippen LogP contribution < -0.4 is 10.6 Å². The molecule has 0 radical (unpaired) electrons. The highest BCUT2D eigenvalue weighted by Crippen LogP contribution is 2.14. The molecule has 0 aliphatic heterocycles. The van der Waals surface area contributed by atoms with E-state index in [1.807, 2.05) is 19.2 Å². The first-order chi connectivity index (χ1) is 9.31. The number of nitrogens with zero attached hydrogens (tertiary/aromatic N) is 2. The van der Waals surface area contributed by atoms with Crippen molar-refractivity contribution in [2.75, 3.05) is 17.2 Å². The van der Waals surface area contributed by atoms with Gasteiger partial charge in [0.25, 0.3) is 0 Å². The molecule has 0 saturated carbocycles. The number of hydrogen-bond donors (Lipinski definition) is 2. The lowest BCUT2D eigenvalue weighted by Gasteiger charge is -2.07. The fourth-order valence-corrected chi connectivity index (χ4v) is 1.67. The Morgan fingerprint density at radius 1 is 1.11 bits per heavy atom. The van der Waals surface area contributed by atoms with E-state index in [-0.39, 0.29) is 0 Å². The molecule has 0 bridgehead atoms. The Morgan fingerprint density at radius 3 is 2.58 bits per heavy atom. The molecular weight excluding hydrogens is 240 g/mol. The third kappa shape index (κ3) is 3.98. The number of aryl methyl sites for hydroxylation is 1. The highest BCUT2D eigenvalue weighted by atomic mass is 16.4. The Kier molecular flexibility index (Phi) is 4.78. The zero-order valence-electron chi connectivity index (χ0n) is 11.4. The van der Waals surface area contributed by atoms with E-state index in [0.29, 0.717) is 12.4 Å². The fourth-order valence-electron chi connectivity index (χ4n) is 1.67. The molecule has 0 aromatic carbocycles. The van der Waals surface area contributed by atoms with Gasteiger partial charge in [0.15, 0.2) is 0 Å². The van der Waals surface area contributed by atoms with Gasteiger partial charge in [-0.15, -0.1) is 0 Å². The minimum atomic E-state index is 0.568. The molecule has 0 atom stereocenters. The molecule has 2 rings (SSSR count). The number of nitrogens with one attached hydrogen (secondary N) is 2. The standard InChI is InChI=1S/C14H20N4O/c1-3-5-16-11-6-12(8-15-7-11)17-10-14-18-9-13(4-2)19-14/h6-9,16-17H,3-5,10H2,1-2H3. The van der Waals surface area contributed by atoms with Crippen LogP contribution in [0.2, 0.25) is 0 Å². The van der Waals surface area contributed by atoms with Gasteiger partial charge >= 0.3 is 0 Å². The molecule has 102 valence electrons. The van der Waals surface area contributed by atoms with Gasteiger partial charge < -0.3 is 15.1 Å². The van der Waals surface area contributed by atoms with Crippen LogP contribution in [0.3, 0.4) is 0 Å². The summed E-state index contributed by atoms with van der Waals surface area (Å²) in [6.07, 6.45) is 7.34. The quantitative estimate of drug-likeness (QED) is 0.801. The molecular formula is C14H20N4O. The Labute approximate surface area is 113 Å². The Hall–Kier alpha value is -2.04. The van der Waals surface area contributed by atoms with Crippen LogP contribution in [0.25, 0.3) is 0 Å². The normalized spacial score (nSPS) is 10.4. The lowest BCUT2D eigenvalue weighted by Crippen LogP contribution is -2.03. The molecule has 2 N–H and O–H groups in total. The van der Waals surface area contributed by atoms with Crippen molar-refractivity contribution in [3.05, 3.63) is 36.3 Å². The maximum absolute atomic E-state index is 5.54. The molecule has 2 aromatic rings. The minimum absolute atomic E-state index is 0.568. The second-order valence-corrected chi connectivity index (χ2v) is 4.32. The van der Waals surface area contributed by atoms with Crippen LogP contribution in [0.4, 0.5) is 11.4 Å². The summed E-state index contributed by atoms with van der Waals surface area (Å²) in [7, 11) is 0. The van der Waals surface area contributed by atoms with Gasteiger partial charge in [0, 0.05) is 13.0 Å². The summed E-state index contributed by atoms with van der Waals surface area (Å²) in [5, 5.41) is 6.56. The first-order valence-corrected chi connectivity index (χ1v) is 6.68. The number of anilines is 2. The molecule has 0 saturated heterocycles. The number of oxazole rings is 1.